The Labute approximate surface area is 93.8 Å². The maximum absolute atomic E-state index is 11.3. The fourth-order valence-electron chi connectivity index (χ4n) is 1.21. The summed E-state index contributed by atoms with van der Waals surface area (Å²) in [6.07, 6.45) is 1.91. The molecular formula is C10H16N4O2. The Kier molecular flexibility index (Phi) is 4.50. The number of amides is 2. The second-order valence-electron chi connectivity index (χ2n) is 3.49. The van der Waals surface area contributed by atoms with Crippen LogP contribution in [-0.4, -0.2) is 28.6 Å². The number of carbonyl (C=O) groups excluding carboxylic acids is 2. The molecule has 1 aromatic heterocycles. The fraction of sp³-hybridized carbons (Fsp3) is 0.500. The molecule has 2 amide bonds. The summed E-state index contributed by atoms with van der Waals surface area (Å²) in [4.78, 5) is 21.9. The number of nitrogens with zero attached hydrogens (tertiary/aromatic N) is 1. The van der Waals surface area contributed by atoms with E-state index in [1.165, 1.54) is 6.92 Å². The number of nitrogens with one attached hydrogen (secondary N) is 3. The van der Waals surface area contributed by atoms with Crippen molar-refractivity contribution in [1.82, 2.24) is 15.5 Å². The summed E-state index contributed by atoms with van der Waals surface area (Å²) in [7, 11) is 0. The molecular weight excluding hydrogens is 208 g/mol. The third-order valence-electron chi connectivity index (χ3n) is 1.92. The number of H-pyrrole nitrogens is 1. The lowest BCUT2D eigenvalue weighted by atomic mass is 10.2. The zero-order valence-corrected chi connectivity index (χ0v) is 9.46. The highest BCUT2D eigenvalue weighted by Gasteiger charge is 2.05. The lowest BCUT2D eigenvalue weighted by Gasteiger charge is -2.01. The van der Waals surface area contributed by atoms with Gasteiger partial charge in [0.1, 0.15) is 0 Å². The first-order valence-corrected chi connectivity index (χ1v) is 5.20. The van der Waals surface area contributed by atoms with Crippen molar-refractivity contribution in [1.29, 1.82) is 0 Å². The van der Waals surface area contributed by atoms with Crippen LogP contribution in [0.4, 0.5) is 5.82 Å². The average molecular weight is 224 g/mol. The number of anilines is 1. The SMILES string of the molecule is CCCc1cc(NC(=O)CNC(C)=O)n[nH]1. The molecule has 3 N–H and O–H groups in total. The largest absolute Gasteiger partial charge is 0.347 e. The van der Waals surface area contributed by atoms with Gasteiger partial charge in [-0.25, -0.2) is 0 Å². The van der Waals surface area contributed by atoms with E-state index in [4.69, 9.17) is 0 Å². The Bertz CT molecular complexity index is 373. The van der Waals surface area contributed by atoms with Crippen molar-refractivity contribution in [2.75, 3.05) is 11.9 Å². The van der Waals surface area contributed by atoms with Gasteiger partial charge in [-0.1, -0.05) is 13.3 Å². The van der Waals surface area contributed by atoms with E-state index in [0.29, 0.717) is 5.82 Å². The van der Waals surface area contributed by atoms with Crippen LogP contribution in [-0.2, 0) is 16.0 Å². The minimum absolute atomic E-state index is 0.0364. The number of aryl methyl sites for hydroxylation is 1. The molecule has 0 atom stereocenters. The molecule has 6 nitrogen and oxygen atoms in total. The van der Waals surface area contributed by atoms with Crippen LogP contribution < -0.4 is 10.6 Å². The minimum atomic E-state index is -0.287. The summed E-state index contributed by atoms with van der Waals surface area (Å²) in [5, 5.41) is 11.7. The van der Waals surface area contributed by atoms with Crippen LogP contribution in [0.2, 0.25) is 0 Å². The monoisotopic (exact) mass is 224 g/mol. The summed E-state index contributed by atoms with van der Waals surface area (Å²) in [5.74, 6) is -0.0348. The third kappa shape index (κ3) is 4.12. The number of carbonyl (C=O) groups is 2. The Morgan fingerprint density at radius 2 is 2.25 bits per heavy atom. The summed E-state index contributed by atoms with van der Waals surface area (Å²) < 4.78 is 0. The van der Waals surface area contributed by atoms with E-state index in [1.807, 2.05) is 0 Å². The van der Waals surface area contributed by atoms with Crippen molar-refractivity contribution >= 4 is 17.6 Å². The van der Waals surface area contributed by atoms with Gasteiger partial charge in [0.25, 0.3) is 0 Å². The first-order valence-electron chi connectivity index (χ1n) is 5.20. The Morgan fingerprint density at radius 3 is 2.88 bits per heavy atom. The van der Waals surface area contributed by atoms with Gasteiger partial charge in [-0.15, -0.1) is 0 Å². The van der Waals surface area contributed by atoms with Gasteiger partial charge in [-0.05, 0) is 6.42 Å². The number of aromatic amines is 1. The molecule has 0 bridgehead atoms. The van der Waals surface area contributed by atoms with Crippen LogP contribution >= 0.6 is 0 Å². The number of rotatable bonds is 5. The smallest absolute Gasteiger partial charge is 0.244 e. The summed E-state index contributed by atoms with van der Waals surface area (Å²) >= 11 is 0. The Morgan fingerprint density at radius 1 is 1.50 bits per heavy atom. The molecule has 0 saturated heterocycles. The zero-order valence-electron chi connectivity index (χ0n) is 9.46. The van der Waals surface area contributed by atoms with Crippen molar-refractivity contribution in [3.8, 4) is 0 Å². The van der Waals surface area contributed by atoms with Crippen LogP contribution in [0.15, 0.2) is 6.07 Å². The highest BCUT2D eigenvalue weighted by Crippen LogP contribution is 2.06. The predicted molar refractivity (Wildman–Crippen MR) is 59.9 cm³/mol. The Hall–Kier alpha value is -1.85. The van der Waals surface area contributed by atoms with Gasteiger partial charge in [-0.3, -0.25) is 14.7 Å². The van der Waals surface area contributed by atoms with Gasteiger partial charge in [0.05, 0.1) is 6.54 Å². The van der Waals surface area contributed by atoms with Gasteiger partial charge in [0.2, 0.25) is 11.8 Å². The van der Waals surface area contributed by atoms with Gasteiger partial charge in [-0.2, -0.15) is 5.10 Å². The lowest BCUT2D eigenvalue weighted by Crippen LogP contribution is -2.31. The van der Waals surface area contributed by atoms with Crippen molar-refractivity contribution in [2.24, 2.45) is 0 Å². The van der Waals surface area contributed by atoms with Crippen LogP contribution in [0.5, 0.6) is 0 Å². The standard InChI is InChI=1S/C10H16N4O2/c1-3-4-8-5-9(14-13-8)12-10(16)6-11-7(2)15/h5H,3-4,6H2,1-2H3,(H,11,15)(H2,12,13,14,16). The molecule has 0 aromatic carbocycles. The molecule has 0 spiro atoms. The maximum Gasteiger partial charge on any atom is 0.244 e. The van der Waals surface area contributed by atoms with E-state index in [0.717, 1.165) is 18.5 Å². The zero-order chi connectivity index (χ0) is 12.0. The maximum atomic E-state index is 11.3. The van der Waals surface area contributed by atoms with Crippen molar-refractivity contribution in [2.45, 2.75) is 26.7 Å². The fourth-order valence-corrected chi connectivity index (χ4v) is 1.21. The highest BCUT2D eigenvalue weighted by atomic mass is 16.2. The van der Waals surface area contributed by atoms with Crippen molar-refractivity contribution < 1.29 is 9.59 Å². The predicted octanol–water partition coefficient (Wildman–Crippen LogP) is 0.437. The summed E-state index contributed by atoms with van der Waals surface area (Å²) in [6.45, 7) is 3.39. The van der Waals surface area contributed by atoms with E-state index in [-0.39, 0.29) is 18.4 Å². The topological polar surface area (TPSA) is 86.9 Å². The molecule has 1 rings (SSSR count). The molecule has 1 aromatic rings. The van der Waals surface area contributed by atoms with E-state index in [1.54, 1.807) is 6.07 Å². The van der Waals surface area contributed by atoms with E-state index >= 15 is 0 Å². The molecule has 16 heavy (non-hydrogen) atoms. The van der Waals surface area contributed by atoms with Crippen molar-refractivity contribution in [3.05, 3.63) is 11.8 Å². The summed E-state index contributed by atoms with van der Waals surface area (Å²) in [6, 6.07) is 1.79. The average Bonchev–Trinajstić information content (AvgIpc) is 2.63. The molecule has 0 radical (unpaired) electrons. The quantitative estimate of drug-likeness (QED) is 0.678. The number of hydrogen-bond acceptors (Lipinski definition) is 3. The normalized spacial score (nSPS) is 9.88. The van der Waals surface area contributed by atoms with E-state index < -0.39 is 0 Å². The van der Waals surface area contributed by atoms with Gasteiger partial charge in [0, 0.05) is 18.7 Å². The molecule has 0 aliphatic heterocycles. The van der Waals surface area contributed by atoms with Crippen LogP contribution in [0.25, 0.3) is 0 Å². The van der Waals surface area contributed by atoms with Crippen molar-refractivity contribution in [3.63, 3.8) is 0 Å². The molecule has 0 aliphatic carbocycles. The first-order chi connectivity index (χ1) is 7.61. The third-order valence-corrected chi connectivity index (χ3v) is 1.92. The van der Waals surface area contributed by atoms with Crippen LogP contribution in [0, 0.1) is 0 Å². The number of hydrogen-bond donors (Lipinski definition) is 3. The van der Waals surface area contributed by atoms with Crippen LogP contribution in [0.3, 0.4) is 0 Å². The van der Waals surface area contributed by atoms with Gasteiger partial charge >= 0.3 is 0 Å². The molecule has 0 saturated carbocycles. The lowest BCUT2D eigenvalue weighted by molar-refractivity contribution is -0.122. The van der Waals surface area contributed by atoms with E-state index in [9.17, 15) is 9.59 Å². The Balaban J connectivity index is 2.40. The first kappa shape index (κ1) is 12.2. The summed E-state index contributed by atoms with van der Waals surface area (Å²) in [5.41, 5.74) is 0.984. The molecule has 0 fully saturated rings. The molecule has 6 heteroatoms. The van der Waals surface area contributed by atoms with Gasteiger partial charge < -0.3 is 10.6 Å². The highest BCUT2D eigenvalue weighted by molar-refractivity contribution is 5.93. The molecule has 0 unspecified atom stereocenters. The number of aromatic nitrogens is 2. The molecule has 0 aliphatic rings. The second kappa shape index (κ2) is 5.89. The molecule has 1 heterocycles. The second-order valence-corrected chi connectivity index (χ2v) is 3.49. The van der Waals surface area contributed by atoms with E-state index in [2.05, 4.69) is 27.8 Å². The minimum Gasteiger partial charge on any atom is -0.347 e. The molecule has 88 valence electrons. The van der Waals surface area contributed by atoms with Crippen LogP contribution in [0.1, 0.15) is 26.0 Å². The van der Waals surface area contributed by atoms with Gasteiger partial charge in [0.15, 0.2) is 5.82 Å².